The number of ether oxygens (including phenoxy) is 1. The van der Waals surface area contributed by atoms with Gasteiger partial charge in [0.25, 0.3) is 5.56 Å². The molecule has 0 aliphatic rings. The summed E-state index contributed by atoms with van der Waals surface area (Å²) in [5, 5.41) is -0.179. The van der Waals surface area contributed by atoms with E-state index in [1.165, 1.54) is 0 Å². The minimum atomic E-state index is -3.05. The van der Waals surface area contributed by atoms with E-state index < -0.39 is 17.9 Å². The summed E-state index contributed by atoms with van der Waals surface area (Å²) in [6.45, 7) is -3.05. The van der Waals surface area contributed by atoms with Crippen molar-refractivity contribution in [3.05, 3.63) is 21.8 Å². The Bertz CT molecular complexity index is 327. The van der Waals surface area contributed by atoms with Crippen molar-refractivity contribution in [3.63, 3.8) is 0 Å². The molecule has 12 heavy (non-hydrogen) atoms. The van der Waals surface area contributed by atoms with Crippen LogP contribution in [0.5, 0.6) is 5.75 Å². The summed E-state index contributed by atoms with van der Waals surface area (Å²) in [6.07, 6.45) is 0.827. The topological polar surface area (TPSA) is 55.0 Å². The van der Waals surface area contributed by atoms with Crippen LogP contribution in [0.2, 0.25) is 5.28 Å². The number of halogens is 3. The van der Waals surface area contributed by atoms with Gasteiger partial charge in [-0.15, -0.1) is 0 Å². The van der Waals surface area contributed by atoms with E-state index in [0.29, 0.717) is 0 Å². The van der Waals surface area contributed by atoms with Gasteiger partial charge in [-0.1, -0.05) is 0 Å². The van der Waals surface area contributed by atoms with E-state index in [-0.39, 0.29) is 5.28 Å². The minimum absolute atomic E-state index is 0.179. The molecule has 0 bridgehead atoms. The molecule has 0 atom stereocenters. The van der Waals surface area contributed by atoms with Crippen molar-refractivity contribution in [2.45, 2.75) is 6.61 Å². The molecule has 0 amide bonds. The Morgan fingerprint density at radius 2 is 2.33 bits per heavy atom. The fraction of sp³-hybridized carbons (Fsp3) is 0.200. The van der Waals surface area contributed by atoms with E-state index >= 15 is 0 Å². The Hall–Kier alpha value is -1.17. The summed E-state index contributed by atoms with van der Waals surface area (Å²) in [4.78, 5) is 16.1. The SMILES string of the molecule is O=c1[nH]c(Cl)ncc1OC(F)F. The first kappa shape index (κ1) is 8.92. The van der Waals surface area contributed by atoms with Gasteiger partial charge in [0.15, 0.2) is 0 Å². The molecule has 0 radical (unpaired) electrons. The summed E-state index contributed by atoms with van der Waals surface area (Å²) < 4.78 is 26.9. The van der Waals surface area contributed by atoms with E-state index in [9.17, 15) is 13.6 Å². The van der Waals surface area contributed by atoms with E-state index in [1.807, 2.05) is 4.98 Å². The van der Waals surface area contributed by atoms with Gasteiger partial charge in [-0.2, -0.15) is 8.78 Å². The van der Waals surface area contributed by atoms with Crippen molar-refractivity contribution in [1.29, 1.82) is 0 Å². The maximum absolute atomic E-state index is 11.6. The molecule has 1 N–H and O–H groups in total. The highest BCUT2D eigenvalue weighted by Crippen LogP contribution is 2.06. The second kappa shape index (κ2) is 3.48. The molecular formula is C5H3ClF2N2O2. The van der Waals surface area contributed by atoms with E-state index in [1.54, 1.807) is 0 Å². The molecule has 0 aromatic carbocycles. The largest absolute Gasteiger partial charge is 0.427 e. The Morgan fingerprint density at radius 1 is 1.67 bits per heavy atom. The highest BCUT2D eigenvalue weighted by molar-refractivity contribution is 6.28. The van der Waals surface area contributed by atoms with Crippen molar-refractivity contribution in [2.75, 3.05) is 0 Å². The maximum atomic E-state index is 11.6. The van der Waals surface area contributed by atoms with Gasteiger partial charge in [0.05, 0.1) is 6.20 Å². The smallest absolute Gasteiger partial charge is 0.387 e. The third-order valence-electron chi connectivity index (χ3n) is 0.952. The van der Waals surface area contributed by atoms with Crippen molar-refractivity contribution in [3.8, 4) is 5.75 Å². The number of rotatable bonds is 2. The molecular weight excluding hydrogens is 194 g/mol. The molecule has 0 spiro atoms. The van der Waals surface area contributed by atoms with Gasteiger partial charge in [0.1, 0.15) is 0 Å². The van der Waals surface area contributed by atoms with Gasteiger partial charge in [0.2, 0.25) is 11.0 Å². The molecule has 1 aromatic heterocycles. The fourth-order valence-corrected chi connectivity index (χ4v) is 0.676. The average Bonchev–Trinajstić information content (AvgIpc) is 1.94. The summed E-state index contributed by atoms with van der Waals surface area (Å²) in [7, 11) is 0. The highest BCUT2D eigenvalue weighted by atomic mass is 35.5. The van der Waals surface area contributed by atoms with Crippen LogP contribution in [0.1, 0.15) is 0 Å². The van der Waals surface area contributed by atoms with Crippen molar-refractivity contribution < 1.29 is 13.5 Å². The maximum Gasteiger partial charge on any atom is 0.387 e. The predicted octanol–water partition coefficient (Wildman–Crippen LogP) is 1.02. The number of nitrogens with one attached hydrogen (secondary N) is 1. The number of H-pyrrole nitrogens is 1. The molecule has 66 valence electrons. The standard InChI is InChI=1S/C5H3ClF2N2O2/c6-4-9-1-2(3(11)10-4)12-5(7)8/h1,5H,(H,9,10,11). The molecule has 1 aromatic rings. The first-order valence-electron chi connectivity index (χ1n) is 2.79. The van der Waals surface area contributed by atoms with Crippen LogP contribution >= 0.6 is 11.6 Å². The summed E-state index contributed by atoms with van der Waals surface area (Å²) >= 11 is 5.24. The molecule has 0 saturated carbocycles. The van der Waals surface area contributed by atoms with Crippen LogP contribution in [-0.4, -0.2) is 16.6 Å². The molecule has 1 heterocycles. The molecule has 1 rings (SSSR count). The van der Waals surface area contributed by atoms with Gasteiger partial charge in [0, 0.05) is 0 Å². The summed E-state index contributed by atoms with van der Waals surface area (Å²) in [5.41, 5.74) is -0.838. The van der Waals surface area contributed by atoms with Crippen LogP contribution in [0.25, 0.3) is 0 Å². The Kier molecular flexibility index (Phi) is 2.59. The zero-order chi connectivity index (χ0) is 9.14. The van der Waals surface area contributed by atoms with Crippen molar-refractivity contribution in [2.24, 2.45) is 0 Å². The molecule has 7 heteroatoms. The van der Waals surface area contributed by atoms with Crippen LogP contribution in [0, 0.1) is 0 Å². The van der Waals surface area contributed by atoms with Crippen LogP contribution in [0.3, 0.4) is 0 Å². The number of aromatic nitrogens is 2. The van der Waals surface area contributed by atoms with Gasteiger partial charge >= 0.3 is 6.61 Å². The lowest BCUT2D eigenvalue weighted by atomic mass is 10.6. The third-order valence-corrected chi connectivity index (χ3v) is 1.14. The van der Waals surface area contributed by atoms with Crippen LogP contribution < -0.4 is 10.3 Å². The van der Waals surface area contributed by atoms with E-state index in [2.05, 4.69) is 9.72 Å². The van der Waals surface area contributed by atoms with Crippen molar-refractivity contribution >= 4 is 11.6 Å². The number of nitrogens with zero attached hydrogens (tertiary/aromatic N) is 1. The van der Waals surface area contributed by atoms with Gasteiger partial charge < -0.3 is 4.74 Å². The molecule has 0 saturated heterocycles. The zero-order valence-corrected chi connectivity index (χ0v) is 6.31. The lowest BCUT2D eigenvalue weighted by molar-refractivity contribution is -0.0511. The van der Waals surface area contributed by atoms with Gasteiger partial charge in [-0.05, 0) is 11.6 Å². The first-order chi connectivity index (χ1) is 5.59. The van der Waals surface area contributed by atoms with Crippen LogP contribution in [0.15, 0.2) is 11.0 Å². The number of aromatic amines is 1. The minimum Gasteiger partial charge on any atom is -0.427 e. The first-order valence-corrected chi connectivity index (χ1v) is 3.17. The molecule has 0 fully saturated rings. The quantitative estimate of drug-likeness (QED) is 0.719. The zero-order valence-electron chi connectivity index (χ0n) is 5.55. The van der Waals surface area contributed by atoms with Gasteiger partial charge in [-0.3, -0.25) is 9.78 Å². The fourth-order valence-electron chi connectivity index (χ4n) is 0.541. The van der Waals surface area contributed by atoms with E-state index in [0.717, 1.165) is 6.20 Å². The predicted molar refractivity (Wildman–Crippen MR) is 36.5 cm³/mol. The summed E-state index contributed by atoms with van der Waals surface area (Å²) in [5.74, 6) is -0.561. The lowest BCUT2D eigenvalue weighted by Gasteiger charge is -2.00. The number of alkyl halides is 2. The Balaban J connectivity index is 2.94. The monoisotopic (exact) mass is 196 g/mol. The van der Waals surface area contributed by atoms with Crippen LogP contribution in [-0.2, 0) is 0 Å². The normalized spacial score (nSPS) is 10.3. The molecule has 0 aliphatic heterocycles. The molecule has 0 aliphatic carbocycles. The highest BCUT2D eigenvalue weighted by Gasteiger charge is 2.08. The van der Waals surface area contributed by atoms with E-state index in [4.69, 9.17) is 11.6 Å². The number of hydrogen-bond donors (Lipinski definition) is 1. The summed E-state index contributed by atoms with van der Waals surface area (Å²) in [6, 6.07) is 0. The average molecular weight is 197 g/mol. The molecule has 0 unspecified atom stereocenters. The Morgan fingerprint density at radius 3 is 2.83 bits per heavy atom. The molecule has 4 nitrogen and oxygen atoms in total. The lowest BCUT2D eigenvalue weighted by Crippen LogP contribution is -2.14. The second-order valence-corrected chi connectivity index (χ2v) is 2.10. The third kappa shape index (κ3) is 2.16. The Labute approximate surface area is 70.1 Å². The number of hydrogen-bond acceptors (Lipinski definition) is 3. The van der Waals surface area contributed by atoms with Gasteiger partial charge in [-0.25, -0.2) is 4.98 Å². The van der Waals surface area contributed by atoms with Crippen LogP contribution in [0.4, 0.5) is 8.78 Å². The van der Waals surface area contributed by atoms with Crippen molar-refractivity contribution in [1.82, 2.24) is 9.97 Å². The second-order valence-electron chi connectivity index (χ2n) is 1.75.